The van der Waals surface area contributed by atoms with Crippen LogP contribution in [0.3, 0.4) is 0 Å². The molecule has 98 valence electrons. The second-order valence-corrected chi connectivity index (χ2v) is 4.86. The maximum atomic E-state index is 11.0. The van der Waals surface area contributed by atoms with Crippen molar-refractivity contribution in [3.63, 3.8) is 0 Å². The number of carbonyl (C=O) groups is 1. The fraction of sp³-hybridized carbons (Fsp3) is 0.500. The molecule has 0 bridgehead atoms. The van der Waals surface area contributed by atoms with Crippen LogP contribution < -0.4 is 4.74 Å². The predicted octanol–water partition coefficient (Wildman–Crippen LogP) is 2.11. The summed E-state index contributed by atoms with van der Waals surface area (Å²) in [7, 11) is 2.12. The van der Waals surface area contributed by atoms with Gasteiger partial charge in [0.1, 0.15) is 11.3 Å². The zero-order valence-electron chi connectivity index (χ0n) is 10.6. The monoisotopic (exact) mass is 249 g/mol. The minimum Gasteiger partial charge on any atom is -0.492 e. The number of likely N-dealkylation sites (tertiary alicyclic amines) is 1. The number of carboxylic acids is 1. The predicted molar refractivity (Wildman–Crippen MR) is 69.1 cm³/mol. The van der Waals surface area contributed by atoms with Gasteiger partial charge in [-0.15, -0.1) is 0 Å². The molecule has 1 aromatic carbocycles. The molecule has 4 nitrogen and oxygen atoms in total. The van der Waals surface area contributed by atoms with E-state index < -0.39 is 5.97 Å². The first-order valence-corrected chi connectivity index (χ1v) is 6.30. The number of hydrogen-bond donors (Lipinski definition) is 1. The zero-order chi connectivity index (χ0) is 13.0. The third-order valence-corrected chi connectivity index (χ3v) is 3.43. The molecule has 1 aromatic rings. The largest absolute Gasteiger partial charge is 0.492 e. The van der Waals surface area contributed by atoms with Crippen molar-refractivity contribution < 1.29 is 14.6 Å². The Labute approximate surface area is 107 Å². The third-order valence-electron chi connectivity index (χ3n) is 3.43. The Morgan fingerprint density at radius 2 is 2.06 bits per heavy atom. The van der Waals surface area contributed by atoms with Crippen molar-refractivity contribution in [2.24, 2.45) is 5.92 Å². The maximum absolute atomic E-state index is 11.0. The number of ether oxygens (including phenoxy) is 1. The fourth-order valence-corrected chi connectivity index (χ4v) is 2.21. The first-order chi connectivity index (χ1) is 8.66. The lowest BCUT2D eigenvalue weighted by Crippen LogP contribution is -2.32. The average molecular weight is 249 g/mol. The molecule has 1 aliphatic heterocycles. The summed E-state index contributed by atoms with van der Waals surface area (Å²) in [5.41, 5.74) is 0.241. The summed E-state index contributed by atoms with van der Waals surface area (Å²) in [6.07, 6.45) is 2.23. The molecule has 1 fully saturated rings. The molecule has 1 saturated heterocycles. The highest BCUT2D eigenvalue weighted by Crippen LogP contribution is 2.21. The Hall–Kier alpha value is -1.55. The molecule has 0 spiro atoms. The van der Waals surface area contributed by atoms with E-state index in [1.54, 1.807) is 24.3 Å². The molecule has 0 radical (unpaired) electrons. The van der Waals surface area contributed by atoms with E-state index in [-0.39, 0.29) is 5.56 Å². The Bertz CT molecular complexity index is 411. The van der Waals surface area contributed by atoms with Crippen LogP contribution in [0.5, 0.6) is 5.75 Å². The van der Waals surface area contributed by atoms with E-state index >= 15 is 0 Å². The molecule has 4 heteroatoms. The molecule has 0 amide bonds. The van der Waals surface area contributed by atoms with Gasteiger partial charge in [-0.05, 0) is 51.0 Å². The minimum absolute atomic E-state index is 0.241. The second kappa shape index (κ2) is 5.87. The van der Waals surface area contributed by atoms with Gasteiger partial charge in [-0.3, -0.25) is 0 Å². The van der Waals surface area contributed by atoms with E-state index in [0.717, 1.165) is 25.9 Å². The van der Waals surface area contributed by atoms with Crippen LogP contribution in [-0.2, 0) is 0 Å². The van der Waals surface area contributed by atoms with Crippen LogP contribution in [0.15, 0.2) is 24.3 Å². The van der Waals surface area contributed by atoms with Crippen LogP contribution in [0.25, 0.3) is 0 Å². The number of carboxylic acid groups (broad SMARTS) is 1. The number of piperidine rings is 1. The molecule has 0 aliphatic carbocycles. The number of benzene rings is 1. The van der Waals surface area contributed by atoms with Crippen molar-refractivity contribution in [1.29, 1.82) is 0 Å². The molecular weight excluding hydrogens is 230 g/mol. The molecule has 2 rings (SSSR count). The van der Waals surface area contributed by atoms with E-state index in [2.05, 4.69) is 11.9 Å². The van der Waals surface area contributed by atoms with E-state index in [9.17, 15) is 4.79 Å². The maximum Gasteiger partial charge on any atom is 0.339 e. The van der Waals surface area contributed by atoms with E-state index in [4.69, 9.17) is 9.84 Å². The quantitative estimate of drug-likeness (QED) is 0.888. The first kappa shape index (κ1) is 12.9. The van der Waals surface area contributed by atoms with Crippen LogP contribution in [-0.4, -0.2) is 42.7 Å². The van der Waals surface area contributed by atoms with Crippen LogP contribution in [0.2, 0.25) is 0 Å². The van der Waals surface area contributed by atoms with Gasteiger partial charge < -0.3 is 14.7 Å². The number of hydrogen-bond acceptors (Lipinski definition) is 3. The van der Waals surface area contributed by atoms with Crippen molar-refractivity contribution in [3.8, 4) is 5.75 Å². The molecule has 0 atom stereocenters. The van der Waals surface area contributed by atoms with Crippen LogP contribution in [0, 0.1) is 5.92 Å². The van der Waals surface area contributed by atoms with Gasteiger partial charge >= 0.3 is 5.97 Å². The molecule has 1 N–H and O–H groups in total. The number of nitrogens with zero attached hydrogens (tertiary/aromatic N) is 1. The number of para-hydroxylation sites is 1. The number of rotatable bonds is 4. The summed E-state index contributed by atoms with van der Waals surface area (Å²) in [5.74, 6) is 0.0703. The lowest BCUT2D eigenvalue weighted by atomic mass is 9.98. The molecule has 1 aliphatic rings. The highest BCUT2D eigenvalue weighted by atomic mass is 16.5. The highest BCUT2D eigenvalue weighted by Gasteiger charge is 2.18. The molecular formula is C14H19NO3. The summed E-state index contributed by atoms with van der Waals surface area (Å²) in [4.78, 5) is 13.3. The average Bonchev–Trinajstić information content (AvgIpc) is 2.38. The SMILES string of the molecule is CN1CCC(COc2ccccc2C(=O)O)CC1. The Morgan fingerprint density at radius 3 is 2.72 bits per heavy atom. The molecule has 0 aromatic heterocycles. The Morgan fingerprint density at radius 1 is 1.39 bits per heavy atom. The van der Waals surface area contributed by atoms with Crippen molar-refractivity contribution >= 4 is 5.97 Å². The van der Waals surface area contributed by atoms with Crippen LogP contribution in [0.1, 0.15) is 23.2 Å². The van der Waals surface area contributed by atoms with Gasteiger partial charge in [0.15, 0.2) is 0 Å². The van der Waals surface area contributed by atoms with E-state index in [1.165, 1.54) is 0 Å². The standard InChI is InChI=1S/C14H19NO3/c1-15-8-6-11(7-9-15)10-18-13-5-3-2-4-12(13)14(16)17/h2-5,11H,6-10H2,1H3,(H,16,17). The molecule has 0 saturated carbocycles. The number of aromatic carboxylic acids is 1. The third kappa shape index (κ3) is 3.23. The van der Waals surface area contributed by atoms with Crippen LogP contribution >= 0.6 is 0 Å². The van der Waals surface area contributed by atoms with Crippen molar-refractivity contribution in [3.05, 3.63) is 29.8 Å². The lowest BCUT2D eigenvalue weighted by Gasteiger charge is -2.28. The summed E-state index contributed by atoms with van der Waals surface area (Å²) in [6.45, 7) is 2.79. The van der Waals surface area contributed by atoms with Crippen molar-refractivity contribution in [1.82, 2.24) is 4.90 Å². The van der Waals surface area contributed by atoms with E-state index in [1.807, 2.05) is 0 Å². The zero-order valence-corrected chi connectivity index (χ0v) is 10.6. The van der Waals surface area contributed by atoms with Gasteiger partial charge in [-0.2, -0.15) is 0 Å². The summed E-state index contributed by atoms with van der Waals surface area (Å²) >= 11 is 0. The highest BCUT2D eigenvalue weighted by molar-refractivity contribution is 5.90. The molecule has 18 heavy (non-hydrogen) atoms. The van der Waals surface area contributed by atoms with Gasteiger partial charge in [0, 0.05) is 0 Å². The lowest BCUT2D eigenvalue weighted by molar-refractivity contribution is 0.0690. The van der Waals surface area contributed by atoms with Gasteiger partial charge in [-0.25, -0.2) is 4.79 Å². The van der Waals surface area contributed by atoms with Gasteiger partial charge in [-0.1, -0.05) is 12.1 Å². The van der Waals surface area contributed by atoms with Crippen molar-refractivity contribution in [2.75, 3.05) is 26.7 Å². The summed E-state index contributed by atoms with van der Waals surface area (Å²) in [6, 6.07) is 6.81. The van der Waals surface area contributed by atoms with Gasteiger partial charge in [0.2, 0.25) is 0 Å². The Kier molecular flexibility index (Phi) is 4.20. The normalized spacial score (nSPS) is 17.6. The first-order valence-electron chi connectivity index (χ1n) is 6.30. The van der Waals surface area contributed by atoms with Gasteiger partial charge in [0.05, 0.1) is 6.61 Å². The Balaban J connectivity index is 1.92. The molecule has 1 heterocycles. The molecule has 0 unspecified atom stereocenters. The summed E-state index contributed by atoms with van der Waals surface area (Å²) in [5, 5.41) is 9.05. The smallest absolute Gasteiger partial charge is 0.339 e. The second-order valence-electron chi connectivity index (χ2n) is 4.86. The summed E-state index contributed by atoms with van der Waals surface area (Å²) < 4.78 is 5.67. The van der Waals surface area contributed by atoms with E-state index in [0.29, 0.717) is 18.3 Å². The fourth-order valence-electron chi connectivity index (χ4n) is 2.21. The van der Waals surface area contributed by atoms with Crippen molar-refractivity contribution in [2.45, 2.75) is 12.8 Å². The van der Waals surface area contributed by atoms with Crippen LogP contribution in [0.4, 0.5) is 0 Å². The topological polar surface area (TPSA) is 49.8 Å². The van der Waals surface area contributed by atoms with Gasteiger partial charge in [0.25, 0.3) is 0 Å². The minimum atomic E-state index is -0.936.